The van der Waals surface area contributed by atoms with E-state index >= 15 is 0 Å². The van der Waals surface area contributed by atoms with Gasteiger partial charge in [0.2, 0.25) is 5.91 Å². The molecular weight excluding hydrogens is 360 g/mol. The number of nitrogens with zero attached hydrogens (tertiary/aromatic N) is 1. The summed E-state index contributed by atoms with van der Waals surface area (Å²) in [6.45, 7) is 5.29. The highest BCUT2D eigenvalue weighted by Gasteiger charge is 2.24. The molecule has 0 saturated heterocycles. The lowest BCUT2D eigenvalue weighted by Gasteiger charge is -2.25. The highest BCUT2D eigenvalue weighted by molar-refractivity contribution is 5.79. The molecule has 0 fully saturated rings. The highest BCUT2D eigenvalue weighted by atomic mass is 16.6. The fourth-order valence-corrected chi connectivity index (χ4v) is 2.69. The normalized spacial score (nSPS) is 20.2. The number of ether oxygens (including phenoxy) is 2. The van der Waals surface area contributed by atoms with Crippen molar-refractivity contribution in [1.29, 1.82) is 0 Å². The molecule has 1 aromatic rings. The van der Waals surface area contributed by atoms with Crippen molar-refractivity contribution in [2.24, 2.45) is 0 Å². The Kier molecular flexibility index (Phi) is 7.61. The molecule has 1 atom stereocenters. The van der Waals surface area contributed by atoms with E-state index in [1.807, 2.05) is 36.4 Å². The van der Waals surface area contributed by atoms with Crippen LogP contribution < -0.4 is 5.32 Å². The summed E-state index contributed by atoms with van der Waals surface area (Å²) in [5.41, 5.74) is 0.210. The smallest absolute Gasteiger partial charge is 0.410 e. The predicted molar refractivity (Wildman–Crippen MR) is 104 cm³/mol. The second kappa shape index (κ2) is 9.92. The molecule has 0 spiro atoms. The Balaban J connectivity index is 2.11. The van der Waals surface area contributed by atoms with Gasteiger partial charge in [0, 0.05) is 13.0 Å². The fraction of sp³-hybridized carbons (Fsp3) is 0.476. The SMILES string of the molecule is CC(C)(C)OC(=O)CN1C/C=C/CCC(=O)N[C@H](c2ccccc2)COC1=O. The number of rotatable bonds is 3. The average molecular weight is 388 g/mol. The average Bonchev–Trinajstić information content (AvgIpc) is 2.62. The first kappa shape index (κ1) is 21.5. The van der Waals surface area contributed by atoms with Crippen LogP contribution in [0, 0.1) is 0 Å². The van der Waals surface area contributed by atoms with Gasteiger partial charge >= 0.3 is 12.1 Å². The molecule has 2 rings (SSSR count). The Labute approximate surface area is 165 Å². The molecule has 1 aliphatic heterocycles. The monoisotopic (exact) mass is 388 g/mol. The number of carbonyl (C=O) groups is 3. The Hall–Kier alpha value is -2.83. The van der Waals surface area contributed by atoms with Crippen LogP contribution in [0.3, 0.4) is 0 Å². The topological polar surface area (TPSA) is 84.9 Å². The summed E-state index contributed by atoms with van der Waals surface area (Å²) in [6, 6.07) is 8.87. The summed E-state index contributed by atoms with van der Waals surface area (Å²) in [5.74, 6) is -0.612. The van der Waals surface area contributed by atoms with Crippen molar-refractivity contribution in [3.05, 3.63) is 48.0 Å². The van der Waals surface area contributed by atoms with E-state index in [1.54, 1.807) is 26.8 Å². The lowest BCUT2D eigenvalue weighted by atomic mass is 10.1. The molecule has 0 aliphatic carbocycles. The summed E-state index contributed by atoms with van der Waals surface area (Å²) in [5, 5.41) is 2.90. The van der Waals surface area contributed by atoms with Crippen LogP contribution in [-0.4, -0.2) is 48.2 Å². The fourth-order valence-electron chi connectivity index (χ4n) is 2.69. The van der Waals surface area contributed by atoms with Gasteiger partial charge in [-0.3, -0.25) is 14.5 Å². The van der Waals surface area contributed by atoms with Crippen molar-refractivity contribution >= 4 is 18.0 Å². The van der Waals surface area contributed by atoms with Gasteiger partial charge in [-0.2, -0.15) is 0 Å². The zero-order valence-electron chi connectivity index (χ0n) is 16.6. The van der Waals surface area contributed by atoms with E-state index in [1.165, 1.54) is 4.90 Å². The number of nitrogens with one attached hydrogen (secondary N) is 1. The van der Waals surface area contributed by atoms with Crippen molar-refractivity contribution in [1.82, 2.24) is 10.2 Å². The summed E-state index contributed by atoms with van der Waals surface area (Å²) in [6.07, 6.45) is 3.80. The molecule has 1 N–H and O–H groups in total. The predicted octanol–water partition coefficient (Wildman–Crippen LogP) is 2.97. The van der Waals surface area contributed by atoms with E-state index in [2.05, 4.69) is 5.32 Å². The van der Waals surface area contributed by atoms with Crippen LogP contribution in [0.15, 0.2) is 42.5 Å². The Morgan fingerprint density at radius 1 is 1.21 bits per heavy atom. The maximum atomic E-state index is 12.5. The molecule has 28 heavy (non-hydrogen) atoms. The first-order chi connectivity index (χ1) is 13.2. The van der Waals surface area contributed by atoms with Crippen LogP contribution in [0.4, 0.5) is 4.79 Å². The highest BCUT2D eigenvalue weighted by Crippen LogP contribution is 2.15. The van der Waals surface area contributed by atoms with Gasteiger partial charge in [-0.1, -0.05) is 42.5 Å². The Bertz CT molecular complexity index is 709. The van der Waals surface area contributed by atoms with Crippen molar-refractivity contribution in [3.8, 4) is 0 Å². The summed E-state index contributed by atoms with van der Waals surface area (Å²) >= 11 is 0. The van der Waals surface area contributed by atoms with E-state index in [4.69, 9.17) is 9.47 Å². The third-order valence-electron chi connectivity index (χ3n) is 3.94. The number of benzene rings is 1. The molecule has 1 aromatic carbocycles. The van der Waals surface area contributed by atoms with Crippen molar-refractivity contribution in [2.75, 3.05) is 19.7 Å². The van der Waals surface area contributed by atoms with Crippen molar-refractivity contribution in [3.63, 3.8) is 0 Å². The van der Waals surface area contributed by atoms with Crippen molar-refractivity contribution < 1.29 is 23.9 Å². The molecular formula is C21H28N2O5. The van der Waals surface area contributed by atoms with Gasteiger partial charge in [0.15, 0.2) is 0 Å². The Morgan fingerprint density at radius 3 is 2.61 bits per heavy atom. The molecule has 0 radical (unpaired) electrons. The molecule has 2 amide bonds. The molecule has 152 valence electrons. The van der Waals surface area contributed by atoms with E-state index in [0.717, 1.165) is 5.56 Å². The minimum absolute atomic E-state index is 0.0247. The minimum Gasteiger partial charge on any atom is -0.459 e. The summed E-state index contributed by atoms with van der Waals surface area (Å²) in [4.78, 5) is 38.1. The van der Waals surface area contributed by atoms with Crippen LogP contribution in [0.1, 0.15) is 45.2 Å². The van der Waals surface area contributed by atoms with Crippen molar-refractivity contribution in [2.45, 2.75) is 45.3 Å². The molecule has 0 bridgehead atoms. The second-order valence-corrected chi connectivity index (χ2v) is 7.58. The molecule has 7 nitrogen and oxygen atoms in total. The van der Waals surface area contributed by atoms with Gasteiger partial charge in [0.1, 0.15) is 18.8 Å². The minimum atomic E-state index is -0.633. The summed E-state index contributed by atoms with van der Waals surface area (Å²) in [7, 11) is 0. The van der Waals surface area contributed by atoms with Crippen LogP contribution >= 0.6 is 0 Å². The molecule has 0 unspecified atom stereocenters. The largest absolute Gasteiger partial charge is 0.459 e. The first-order valence-electron chi connectivity index (χ1n) is 9.37. The zero-order chi connectivity index (χ0) is 20.6. The molecule has 1 heterocycles. The lowest BCUT2D eigenvalue weighted by molar-refractivity contribution is -0.155. The standard InChI is InChI=1S/C21H28N2O5/c1-21(2,3)28-19(25)14-23-13-9-5-8-12-18(24)22-17(15-27-20(23)26)16-10-6-4-7-11-16/h4-7,9-11,17H,8,12-15H2,1-3H3,(H,22,24)/b9-5+/t17-/m0/s1. The molecule has 0 aromatic heterocycles. The molecule has 0 saturated carbocycles. The molecule has 7 heteroatoms. The summed E-state index contributed by atoms with van der Waals surface area (Å²) < 4.78 is 10.7. The number of cyclic esters (lactones) is 1. The van der Waals surface area contributed by atoms with E-state index in [9.17, 15) is 14.4 Å². The van der Waals surface area contributed by atoms with Gasteiger partial charge in [0.05, 0.1) is 6.04 Å². The van der Waals surface area contributed by atoms with Gasteiger partial charge < -0.3 is 14.8 Å². The molecule has 1 aliphatic rings. The number of amides is 2. The van der Waals surface area contributed by atoms with Gasteiger partial charge in [-0.15, -0.1) is 0 Å². The van der Waals surface area contributed by atoms with E-state index < -0.39 is 23.7 Å². The first-order valence-corrected chi connectivity index (χ1v) is 9.37. The lowest BCUT2D eigenvalue weighted by Crippen LogP contribution is -2.40. The van der Waals surface area contributed by atoms with Crippen LogP contribution in [0.2, 0.25) is 0 Å². The van der Waals surface area contributed by atoms with Gasteiger partial charge in [0.25, 0.3) is 0 Å². The number of allylic oxidation sites excluding steroid dienone is 1. The van der Waals surface area contributed by atoms with Gasteiger partial charge in [-0.05, 0) is 32.8 Å². The second-order valence-electron chi connectivity index (χ2n) is 7.58. The van der Waals surface area contributed by atoms with Crippen LogP contribution in [0.5, 0.6) is 0 Å². The van der Waals surface area contributed by atoms with Crippen LogP contribution in [0.25, 0.3) is 0 Å². The van der Waals surface area contributed by atoms with E-state index in [-0.39, 0.29) is 25.6 Å². The third kappa shape index (κ3) is 7.42. The van der Waals surface area contributed by atoms with Crippen LogP contribution in [-0.2, 0) is 19.1 Å². The maximum Gasteiger partial charge on any atom is 0.410 e. The quantitative estimate of drug-likeness (QED) is 0.636. The van der Waals surface area contributed by atoms with Gasteiger partial charge in [-0.25, -0.2) is 4.79 Å². The number of carbonyl (C=O) groups excluding carboxylic acids is 3. The number of hydrogen-bond donors (Lipinski definition) is 1. The number of esters is 1. The third-order valence-corrected chi connectivity index (χ3v) is 3.94. The Morgan fingerprint density at radius 2 is 1.93 bits per heavy atom. The zero-order valence-corrected chi connectivity index (χ0v) is 16.6. The van der Waals surface area contributed by atoms with E-state index in [0.29, 0.717) is 12.8 Å². The number of hydrogen-bond acceptors (Lipinski definition) is 5. The maximum absolute atomic E-state index is 12.5.